The third kappa shape index (κ3) is 4.63. The number of aliphatic imine (C=N–C) groups is 2. The van der Waals surface area contributed by atoms with Crippen LogP contribution in [0.1, 0.15) is 0 Å². The van der Waals surface area contributed by atoms with E-state index in [9.17, 15) is 4.79 Å². The number of fused-ring (bicyclic) bond motifs is 1. The number of hydrogen-bond donors (Lipinski definition) is 1. The maximum atomic E-state index is 12.9. The van der Waals surface area contributed by atoms with Gasteiger partial charge in [0.15, 0.2) is 22.5 Å². The van der Waals surface area contributed by atoms with E-state index in [-0.39, 0.29) is 18.5 Å². The van der Waals surface area contributed by atoms with Crippen molar-refractivity contribution in [2.75, 3.05) is 25.3 Å². The number of ether oxygens (including phenoxy) is 2. The highest BCUT2D eigenvalue weighted by Gasteiger charge is 2.24. The van der Waals surface area contributed by atoms with E-state index in [0.717, 1.165) is 9.37 Å². The van der Waals surface area contributed by atoms with Gasteiger partial charge < -0.3 is 19.7 Å². The monoisotopic (exact) mass is 472 g/mol. The first-order chi connectivity index (χ1) is 14.1. The first-order valence-corrected chi connectivity index (χ1v) is 10.4. The Morgan fingerprint density at radius 2 is 2.03 bits per heavy atom. The van der Waals surface area contributed by atoms with Gasteiger partial charge in [-0.05, 0) is 36.4 Å². The molecular weight excluding hydrogens is 456 g/mol. The predicted molar refractivity (Wildman–Crippen MR) is 118 cm³/mol. The van der Waals surface area contributed by atoms with Gasteiger partial charge in [-0.2, -0.15) is 4.99 Å². The third-order valence-corrected chi connectivity index (χ3v) is 5.52. The minimum atomic E-state index is -0.325. The van der Waals surface area contributed by atoms with Gasteiger partial charge in [-0.1, -0.05) is 33.8 Å². The first kappa shape index (κ1) is 19.5. The summed E-state index contributed by atoms with van der Waals surface area (Å²) in [5.74, 6) is 1.22. The van der Waals surface area contributed by atoms with Crippen molar-refractivity contribution >= 4 is 50.3 Å². The molecule has 2 aliphatic heterocycles. The Hall–Kier alpha value is -2.78. The van der Waals surface area contributed by atoms with E-state index in [0.29, 0.717) is 35.6 Å². The Kier molecular flexibility index (Phi) is 5.86. The number of carbonyl (C=O) groups is 1. The molecule has 2 aliphatic rings. The molecule has 0 unspecified atom stereocenters. The van der Waals surface area contributed by atoms with Gasteiger partial charge in [0.05, 0.1) is 0 Å². The van der Waals surface area contributed by atoms with Crippen LogP contribution >= 0.6 is 27.7 Å². The fourth-order valence-electron chi connectivity index (χ4n) is 2.73. The quantitative estimate of drug-likeness (QED) is 0.662. The molecule has 0 fully saturated rings. The molecule has 2 aromatic rings. The summed E-state index contributed by atoms with van der Waals surface area (Å²) >= 11 is 4.83. The molecule has 148 valence electrons. The van der Waals surface area contributed by atoms with Crippen molar-refractivity contribution in [3.05, 3.63) is 59.6 Å². The zero-order chi connectivity index (χ0) is 20.2. The second kappa shape index (κ2) is 8.71. The minimum Gasteiger partial charge on any atom is -0.454 e. The van der Waals surface area contributed by atoms with Crippen LogP contribution in [0.15, 0.2) is 74.5 Å². The number of hydrogen-bond acceptors (Lipinski definition) is 7. The highest BCUT2D eigenvalue weighted by atomic mass is 79.9. The number of thioether (sulfide) groups is 1. The lowest BCUT2D eigenvalue weighted by atomic mass is 10.2. The van der Waals surface area contributed by atoms with Gasteiger partial charge >= 0.3 is 0 Å². The summed E-state index contributed by atoms with van der Waals surface area (Å²) in [7, 11) is 0. The maximum Gasteiger partial charge on any atom is 0.291 e. The number of benzene rings is 2. The average molecular weight is 473 g/mol. The van der Waals surface area contributed by atoms with E-state index in [1.807, 2.05) is 24.3 Å². The molecule has 0 bridgehead atoms. The summed E-state index contributed by atoms with van der Waals surface area (Å²) in [6, 6.07) is 13.1. The lowest BCUT2D eigenvalue weighted by Crippen LogP contribution is -2.42. The van der Waals surface area contributed by atoms with Crippen LogP contribution in [-0.4, -0.2) is 41.8 Å². The van der Waals surface area contributed by atoms with Gasteiger partial charge in [0.25, 0.3) is 5.91 Å². The smallest absolute Gasteiger partial charge is 0.291 e. The van der Waals surface area contributed by atoms with Crippen LogP contribution in [0.3, 0.4) is 0 Å². The third-order valence-electron chi connectivity index (χ3n) is 4.08. The van der Waals surface area contributed by atoms with Crippen molar-refractivity contribution in [2.24, 2.45) is 9.98 Å². The van der Waals surface area contributed by atoms with E-state index in [1.165, 1.54) is 11.8 Å². The van der Waals surface area contributed by atoms with Crippen LogP contribution in [0.25, 0.3) is 0 Å². The second-order valence-corrected chi connectivity index (χ2v) is 8.06. The molecule has 0 aliphatic carbocycles. The van der Waals surface area contributed by atoms with Gasteiger partial charge in [-0.3, -0.25) is 4.79 Å². The average Bonchev–Trinajstić information content (AvgIpc) is 3.19. The van der Waals surface area contributed by atoms with Crippen molar-refractivity contribution in [1.82, 2.24) is 4.90 Å². The van der Waals surface area contributed by atoms with Crippen LogP contribution in [-0.2, 0) is 4.79 Å². The Morgan fingerprint density at radius 1 is 1.24 bits per heavy atom. The van der Waals surface area contributed by atoms with Gasteiger partial charge in [0.1, 0.15) is 6.67 Å². The zero-order valence-electron chi connectivity index (χ0n) is 15.3. The van der Waals surface area contributed by atoms with E-state index < -0.39 is 0 Å². The minimum absolute atomic E-state index is 0.180. The van der Waals surface area contributed by atoms with Crippen molar-refractivity contribution in [2.45, 2.75) is 4.90 Å². The normalized spacial score (nSPS) is 14.9. The molecule has 4 rings (SSSR count). The molecule has 29 heavy (non-hydrogen) atoms. The molecule has 0 spiro atoms. The van der Waals surface area contributed by atoms with Crippen LogP contribution < -0.4 is 14.8 Å². The Morgan fingerprint density at radius 3 is 2.83 bits per heavy atom. The SMILES string of the molecule is C=CCN1CN=C(Sc2ccc(Br)cc2)N=C1C(=O)Nc1ccc2c(c1)OCO2. The van der Waals surface area contributed by atoms with Crippen LogP contribution in [0.2, 0.25) is 0 Å². The number of anilines is 1. The van der Waals surface area contributed by atoms with Gasteiger partial charge in [0.2, 0.25) is 6.79 Å². The summed E-state index contributed by atoms with van der Waals surface area (Å²) < 4.78 is 11.7. The lowest BCUT2D eigenvalue weighted by molar-refractivity contribution is -0.111. The van der Waals surface area contributed by atoms with Crippen molar-refractivity contribution < 1.29 is 14.3 Å². The maximum absolute atomic E-state index is 12.9. The van der Waals surface area contributed by atoms with Crippen molar-refractivity contribution in [1.29, 1.82) is 0 Å². The molecule has 0 saturated carbocycles. The molecule has 1 amide bonds. The topological polar surface area (TPSA) is 75.5 Å². The molecule has 1 N–H and O–H groups in total. The molecule has 2 aromatic carbocycles. The first-order valence-electron chi connectivity index (χ1n) is 8.76. The van der Waals surface area contributed by atoms with E-state index in [4.69, 9.17) is 9.47 Å². The number of nitrogens with zero attached hydrogens (tertiary/aromatic N) is 3. The number of nitrogens with one attached hydrogen (secondary N) is 1. The molecular formula is C20H17BrN4O3S. The number of amides is 1. The summed E-state index contributed by atoms with van der Waals surface area (Å²) in [4.78, 5) is 24.7. The Labute approximate surface area is 180 Å². The Bertz CT molecular complexity index is 1010. The fraction of sp³-hybridized carbons (Fsp3) is 0.150. The molecule has 9 heteroatoms. The van der Waals surface area contributed by atoms with E-state index in [1.54, 1.807) is 29.2 Å². The lowest BCUT2D eigenvalue weighted by Gasteiger charge is -2.25. The number of carbonyl (C=O) groups excluding carboxylic acids is 1. The summed E-state index contributed by atoms with van der Waals surface area (Å²) in [5.41, 5.74) is 0.602. The number of halogens is 1. The van der Waals surface area contributed by atoms with E-state index in [2.05, 4.69) is 37.8 Å². The largest absolute Gasteiger partial charge is 0.454 e. The van der Waals surface area contributed by atoms with Gasteiger partial charge in [0, 0.05) is 27.7 Å². The van der Waals surface area contributed by atoms with Crippen LogP contribution in [0, 0.1) is 0 Å². The van der Waals surface area contributed by atoms with Crippen LogP contribution in [0.5, 0.6) is 11.5 Å². The van der Waals surface area contributed by atoms with Gasteiger partial charge in [-0.25, -0.2) is 4.99 Å². The summed E-state index contributed by atoms with van der Waals surface area (Å²) in [5, 5.41) is 3.40. The molecule has 2 heterocycles. The van der Waals surface area contributed by atoms with E-state index >= 15 is 0 Å². The molecule has 0 atom stereocenters. The van der Waals surface area contributed by atoms with Crippen molar-refractivity contribution in [3.63, 3.8) is 0 Å². The zero-order valence-corrected chi connectivity index (χ0v) is 17.7. The standard InChI is InChI=1S/C20H17BrN4O3S/c1-2-9-25-11-22-20(29-15-6-3-13(21)4-7-15)24-18(25)19(26)23-14-5-8-16-17(10-14)28-12-27-16/h2-8,10H,1,9,11-12H2,(H,23,26). The second-order valence-electron chi connectivity index (χ2n) is 6.11. The van der Waals surface area contributed by atoms with Gasteiger partial charge in [-0.15, -0.1) is 6.58 Å². The number of amidine groups is 2. The number of rotatable bonds is 5. The molecule has 0 saturated heterocycles. The highest BCUT2D eigenvalue weighted by Crippen LogP contribution is 2.34. The summed E-state index contributed by atoms with van der Waals surface area (Å²) in [6.45, 7) is 4.73. The fourth-order valence-corrected chi connectivity index (χ4v) is 3.73. The molecule has 0 aromatic heterocycles. The van der Waals surface area contributed by atoms with Crippen molar-refractivity contribution in [3.8, 4) is 11.5 Å². The van der Waals surface area contributed by atoms with Crippen LogP contribution in [0.4, 0.5) is 5.69 Å². The molecule has 7 nitrogen and oxygen atoms in total. The molecule has 0 radical (unpaired) electrons. The summed E-state index contributed by atoms with van der Waals surface area (Å²) in [6.07, 6.45) is 1.71. The highest BCUT2D eigenvalue weighted by molar-refractivity contribution is 9.10. The predicted octanol–water partition coefficient (Wildman–Crippen LogP) is 4.12. The Balaban J connectivity index is 1.52.